The summed E-state index contributed by atoms with van der Waals surface area (Å²) < 4.78 is 38.2. The zero-order valence-electron chi connectivity index (χ0n) is 14.9. The van der Waals surface area contributed by atoms with Gasteiger partial charge in [-0.15, -0.1) is 0 Å². The highest BCUT2D eigenvalue weighted by Gasteiger charge is 2.33. The predicted molar refractivity (Wildman–Crippen MR) is 91.3 cm³/mol. The molecule has 0 bridgehead atoms. The molecule has 7 heteroatoms. The molecule has 25 heavy (non-hydrogen) atoms. The van der Waals surface area contributed by atoms with Crippen LogP contribution in [0.2, 0.25) is 0 Å². The molecule has 2 fully saturated rings. The highest BCUT2D eigenvalue weighted by molar-refractivity contribution is 4.81. The Labute approximate surface area is 149 Å². The zero-order valence-corrected chi connectivity index (χ0v) is 14.9. The van der Waals surface area contributed by atoms with Gasteiger partial charge in [-0.1, -0.05) is 13.2 Å². The van der Waals surface area contributed by atoms with E-state index in [1.807, 2.05) is 0 Å². The van der Waals surface area contributed by atoms with Crippen molar-refractivity contribution < 1.29 is 33.2 Å². The minimum atomic E-state index is -0.438. The Kier molecular flexibility index (Phi) is 9.28. The van der Waals surface area contributed by atoms with Gasteiger partial charge in [-0.2, -0.15) is 0 Å². The van der Waals surface area contributed by atoms with Crippen LogP contribution in [0.3, 0.4) is 0 Å². The molecule has 0 aromatic carbocycles. The lowest BCUT2D eigenvalue weighted by atomic mass is 9.92. The Morgan fingerprint density at radius 3 is 1.92 bits per heavy atom. The standard InChI is InChI=1S/C18H30O7/c1-3-19-12-18(13-20-4-2,14-22-6-5-16-10-24-16)15-23-8-7-21-9-17-11-25-17/h3-4,16-17H,1-2,5-15H2. The third-order valence-corrected chi connectivity index (χ3v) is 3.90. The van der Waals surface area contributed by atoms with Gasteiger partial charge in [0.25, 0.3) is 0 Å². The Morgan fingerprint density at radius 1 is 0.800 bits per heavy atom. The number of hydrogen-bond acceptors (Lipinski definition) is 7. The van der Waals surface area contributed by atoms with Gasteiger partial charge in [-0.25, -0.2) is 0 Å². The normalized spacial score (nSPS) is 21.6. The van der Waals surface area contributed by atoms with Crippen molar-refractivity contribution in [2.24, 2.45) is 5.41 Å². The first kappa shape index (κ1) is 20.2. The summed E-state index contributed by atoms with van der Waals surface area (Å²) in [6.45, 7) is 12.8. The summed E-state index contributed by atoms with van der Waals surface area (Å²) in [4.78, 5) is 0. The van der Waals surface area contributed by atoms with E-state index >= 15 is 0 Å². The Morgan fingerprint density at radius 2 is 1.36 bits per heavy atom. The van der Waals surface area contributed by atoms with E-state index in [2.05, 4.69) is 13.2 Å². The first-order valence-corrected chi connectivity index (χ1v) is 8.69. The average molecular weight is 358 g/mol. The molecule has 2 aliphatic heterocycles. The van der Waals surface area contributed by atoms with E-state index in [4.69, 9.17) is 33.2 Å². The van der Waals surface area contributed by atoms with E-state index in [1.54, 1.807) is 0 Å². The van der Waals surface area contributed by atoms with Gasteiger partial charge < -0.3 is 33.2 Å². The summed E-state index contributed by atoms with van der Waals surface area (Å²) in [7, 11) is 0. The maximum Gasteiger partial charge on any atom is 0.104 e. The van der Waals surface area contributed by atoms with Crippen LogP contribution in [0.4, 0.5) is 0 Å². The van der Waals surface area contributed by atoms with Crippen molar-refractivity contribution in [3.05, 3.63) is 25.7 Å². The zero-order chi connectivity index (χ0) is 17.8. The SMILES string of the molecule is C=COCC(COC=C)(COCCOCC1CO1)COCCC1CO1. The maximum atomic E-state index is 5.83. The van der Waals surface area contributed by atoms with E-state index in [0.29, 0.717) is 59.0 Å². The molecule has 0 saturated carbocycles. The lowest BCUT2D eigenvalue weighted by Gasteiger charge is -2.32. The molecule has 0 N–H and O–H groups in total. The topological polar surface area (TPSA) is 71.2 Å². The minimum absolute atomic E-state index is 0.268. The van der Waals surface area contributed by atoms with Gasteiger partial charge in [0.2, 0.25) is 0 Å². The molecule has 144 valence electrons. The summed E-state index contributed by atoms with van der Waals surface area (Å²) in [5.41, 5.74) is -0.438. The average Bonchev–Trinajstić information content (AvgIpc) is 3.52. The quantitative estimate of drug-likeness (QED) is 0.209. The van der Waals surface area contributed by atoms with Crippen LogP contribution in [0.15, 0.2) is 25.7 Å². The third kappa shape index (κ3) is 9.23. The van der Waals surface area contributed by atoms with Crippen LogP contribution >= 0.6 is 0 Å². The van der Waals surface area contributed by atoms with Crippen molar-refractivity contribution in [1.29, 1.82) is 0 Å². The molecule has 2 heterocycles. The molecule has 2 saturated heterocycles. The first-order valence-electron chi connectivity index (χ1n) is 8.69. The van der Waals surface area contributed by atoms with E-state index in [9.17, 15) is 0 Å². The van der Waals surface area contributed by atoms with Gasteiger partial charge in [-0.3, -0.25) is 0 Å². The van der Waals surface area contributed by atoms with Crippen LogP contribution in [-0.2, 0) is 33.2 Å². The largest absolute Gasteiger partial charge is 0.501 e. The first-order chi connectivity index (χ1) is 12.3. The maximum absolute atomic E-state index is 5.83. The van der Waals surface area contributed by atoms with Gasteiger partial charge >= 0.3 is 0 Å². The predicted octanol–water partition coefficient (Wildman–Crippen LogP) is 1.53. The molecule has 2 rings (SSSR count). The second-order valence-electron chi connectivity index (χ2n) is 6.33. The second kappa shape index (κ2) is 11.5. The van der Waals surface area contributed by atoms with Crippen molar-refractivity contribution in [2.45, 2.75) is 18.6 Å². The molecule has 0 amide bonds. The van der Waals surface area contributed by atoms with E-state index in [-0.39, 0.29) is 6.10 Å². The van der Waals surface area contributed by atoms with Crippen molar-refractivity contribution in [1.82, 2.24) is 0 Å². The van der Waals surface area contributed by atoms with Crippen LogP contribution in [0.5, 0.6) is 0 Å². The highest BCUT2D eigenvalue weighted by Crippen LogP contribution is 2.22. The molecule has 0 radical (unpaired) electrons. The number of epoxide rings is 2. The third-order valence-electron chi connectivity index (χ3n) is 3.90. The molecule has 2 unspecified atom stereocenters. The summed E-state index contributed by atoms with van der Waals surface area (Å²) >= 11 is 0. The van der Waals surface area contributed by atoms with Crippen molar-refractivity contribution in [3.8, 4) is 0 Å². The van der Waals surface area contributed by atoms with E-state index in [0.717, 1.165) is 19.6 Å². The molecular weight excluding hydrogens is 328 g/mol. The van der Waals surface area contributed by atoms with E-state index < -0.39 is 5.41 Å². The van der Waals surface area contributed by atoms with Gasteiger partial charge in [0.05, 0.1) is 70.3 Å². The number of hydrogen-bond donors (Lipinski definition) is 0. The molecule has 0 aliphatic carbocycles. The second-order valence-corrected chi connectivity index (χ2v) is 6.33. The van der Waals surface area contributed by atoms with Crippen molar-refractivity contribution in [3.63, 3.8) is 0 Å². The van der Waals surface area contributed by atoms with Crippen LogP contribution in [0, 0.1) is 5.41 Å². The fourth-order valence-corrected chi connectivity index (χ4v) is 2.25. The molecule has 7 nitrogen and oxygen atoms in total. The lowest BCUT2D eigenvalue weighted by Crippen LogP contribution is -2.41. The fraction of sp³-hybridized carbons (Fsp3) is 0.778. The molecule has 0 aromatic rings. The Bertz CT molecular complexity index is 368. The summed E-state index contributed by atoms with van der Waals surface area (Å²) in [6.07, 6.45) is 4.36. The van der Waals surface area contributed by atoms with Gasteiger partial charge in [0.15, 0.2) is 0 Å². The fourth-order valence-electron chi connectivity index (χ4n) is 2.25. The molecule has 0 spiro atoms. The Hall–Kier alpha value is -1.12. The van der Waals surface area contributed by atoms with Crippen molar-refractivity contribution in [2.75, 3.05) is 66.1 Å². The smallest absolute Gasteiger partial charge is 0.104 e. The Balaban J connectivity index is 1.70. The molecule has 0 aromatic heterocycles. The van der Waals surface area contributed by atoms with Crippen LogP contribution < -0.4 is 0 Å². The summed E-state index contributed by atoms with van der Waals surface area (Å²) in [5.74, 6) is 0. The van der Waals surface area contributed by atoms with Crippen molar-refractivity contribution >= 4 is 0 Å². The lowest BCUT2D eigenvalue weighted by molar-refractivity contribution is -0.0882. The summed E-state index contributed by atoms with van der Waals surface area (Å²) in [5, 5.41) is 0. The number of ether oxygens (including phenoxy) is 7. The van der Waals surface area contributed by atoms with Gasteiger partial charge in [0.1, 0.15) is 19.3 Å². The monoisotopic (exact) mass is 358 g/mol. The minimum Gasteiger partial charge on any atom is -0.501 e. The molecule has 2 atom stereocenters. The summed E-state index contributed by atoms with van der Waals surface area (Å²) in [6, 6.07) is 0. The van der Waals surface area contributed by atoms with Gasteiger partial charge in [-0.05, 0) is 6.42 Å². The molecule has 2 aliphatic rings. The van der Waals surface area contributed by atoms with Crippen LogP contribution in [0.25, 0.3) is 0 Å². The van der Waals surface area contributed by atoms with Crippen LogP contribution in [0.1, 0.15) is 6.42 Å². The highest BCUT2D eigenvalue weighted by atomic mass is 16.6. The number of rotatable bonds is 18. The molecular formula is C18H30O7. The van der Waals surface area contributed by atoms with Gasteiger partial charge in [0, 0.05) is 6.61 Å². The van der Waals surface area contributed by atoms with E-state index in [1.165, 1.54) is 12.5 Å². The van der Waals surface area contributed by atoms with Crippen LogP contribution in [-0.4, -0.2) is 78.3 Å².